The molecule has 0 aliphatic rings. The number of nitrogens with zero attached hydrogens (tertiary/aromatic N) is 1. The third-order valence-electron chi connectivity index (χ3n) is 3.03. The van der Waals surface area contributed by atoms with Gasteiger partial charge in [0.15, 0.2) is 0 Å². The van der Waals surface area contributed by atoms with Gasteiger partial charge < -0.3 is 10.1 Å². The number of carbonyl (C=O) groups excluding carboxylic acids is 1. The standard InChI is InChI=1S/C19H17FN2O2/c1-13(2)24-17-8-5-7-16(11-17)22-19(23)15(12-21)10-14-6-3-4-9-18(14)20/h3-11,13H,1-2H3,(H,22,23)/b15-10-. The smallest absolute Gasteiger partial charge is 0.266 e. The van der Waals surface area contributed by atoms with Gasteiger partial charge in [-0.2, -0.15) is 5.26 Å². The van der Waals surface area contributed by atoms with Crippen LogP contribution in [0.15, 0.2) is 54.1 Å². The van der Waals surface area contributed by atoms with E-state index in [4.69, 9.17) is 4.74 Å². The summed E-state index contributed by atoms with van der Waals surface area (Å²) in [6, 6.07) is 14.6. The first-order chi connectivity index (χ1) is 11.5. The lowest BCUT2D eigenvalue weighted by molar-refractivity contribution is -0.112. The zero-order valence-corrected chi connectivity index (χ0v) is 13.4. The molecule has 4 nitrogen and oxygen atoms in total. The molecule has 5 heteroatoms. The molecule has 24 heavy (non-hydrogen) atoms. The molecule has 2 aromatic rings. The topological polar surface area (TPSA) is 62.1 Å². The van der Waals surface area contributed by atoms with Crippen LogP contribution in [0.1, 0.15) is 19.4 Å². The number of nitriles is 1. The van der Waals surface area contributed by atoms with Crippen LogP contribution < -0.4 is 10.1 Å². The highest BCUT2D eigenvalue weighted by Gasteiger charge is 2.11. The van der Waals surface area contributed by atoms with Gasteiger partial charge in [-0.15, -0.1) is 0 Å². The lowest BCUT2D eigenvalue weighted by Crippen LogP contribution is -2.14. The van der Waals surface area contributed by atoms with Crippen molar-refractivity contribution in [3.8, 4) is 11.8 Å². The van der Waals surface area contributed by atoms with Gasteiger partial charge in [-0.1, -0.05) is 24.3 Å². The molecule has 0 heterocycles. The number of benzene rings is 2. The van der Waals surface area contributed by atoms with E-state index in [0.717, 1.165) is 0 Å². The van der Waals surface area contributed by atoms with Crippen molar-refractivity contribution >= 4 is 17.7 Å². The molecule has 1 amide bonds. The second-order valence-electron chi connectivity index (χ2n) is 5.34. The van der Waals surface area contributed by atoms with Crippen molar-refractivity contribution < 1.29 is 13.9 Å². The largest absolute Gasteiger partial charge is 0.491 e. The second-order valence-corrected chi connectivity index (χ2v) is 5.34. The van der Waals surface area contributed by atoms with E-state index in [9.17, 15) is 14.4 Å². The number of ether oxygens (including phenoxy) is 1. The van der Waals surface area contributed by atoms with Crippen molar-refractivity contribution in [2.24, 2.45) is 0 Å². The molecule has 0 spiro atoms. The van der Waals surface area contributed by atoms with Gasteiger partial charge in [0, 0.05) is 17.3 Å². The number of nitrogens with one attached hydrogen (secondary N) is 1. The van der Waals surface area contributed by atoms with E-state index < -0.39 is 11.7 Å². The van der Waals surface area contributed by atoms with Gasteiger partial charge in [0.2, 0.25) is 0 Å². The SMILES string of the molecule is CC(C)Oc1cccc(NC(=O)/C(C#N)=C\c2ccccc2F)c1. The molecule has 1 N–H and O–H groups in total. The van der Waals surface area contributed by atoms with Gasteiger partial charge in [-0.05, 0) is 38.1 Å². The minimum atomic E-state index is -0.609. The van der Waals surface area contributed by atoms with Crippen molar-refractivity contribution in [1.82, 2.24) is 0 Å². The first-order valence-corrected chi connectivity index (χ1v) is 7.44. The van der Waals surface area contributed by atoms with Crippen LogP contribution in [0.2, 0.25) is 0 Å². The molecule has 0 aliphatic heterocycles. The Morgan fingerprint density at radius 1 is 1.25 bits per heavy atom. The first-order valence-electron chi connectivity index (χ1n) is 7.44. The molecule has 0 saturated heterocycles. The van der Waals surface area contributed by atoms with Crippen LogP contribution in [0, 0.1) is 17.1 Å². The van der Waals surface area contributed by atoms with E-state index in [2.05, 4.69) is 5.32 Å². The summed E-state index contributed by atoms with van der Waals surface area (Å²) < 4.78 is 19.2. The van der Waals surface area contributed by atoms with Crippen LogP contribution in [-0.2, 0) is 4.79 Å². The summed E-state index contributed by atoms with van der Waals surface area (Å²) in [5.41, 5.74) is 0.490. The maximum absolute atomic E-state index is 13.6. The van der Waals surface area contributed by atoms with Crippen molar-refractivity contribution in [3.05, 3.63) is 65.5 Å². The summed E-state index contributed by atoms with van der Waals surface area (Å²) in [5.74, 6) is -0.493. The average Bonchev–Trinajstić information content (AvgIpc) is 2.53. The van der Waals surface area contributed by atoms with E-state index in [1.54, 1.807) is 42.5 Å². The molecule has 0 fully saturated rings. The van der Waals surface area contributed by atoms with Crippen LogP contribution >= 0.6 is 0 Å². The van der Waals surface area contributed by atoms with E-state index in [0.29, 0.717) is 11.4 Å². The van der Waals surface area contributed by atoms with Crippen LogP contribution in [-0.4, -0.2) is 12.0 Å². The summed E-state index contributed by atoms with van der Waals surface area (Å²) in [4.78, 5) is 12.2. The Hall–Kier alpha value is -3.13. The van der Waals surface area contributed by atoms with Gasteiger partial charge in [0.1, 0.15) is 23.2 Å². The number of carbonyl (C=O) groups is 1. The Bertz CT molecular complexity index is 807. The highest BCUT2D eigenvalue weighted by molar-refractivity contribution is 6.09. The molecule has 2 rings (SSSR count). The van der Waals surface area contributed by atoms with E-state index in [-0.39, 0.29) is 17.2 Å². The molecule has 0 radical (unpaired) electrons. The number of hydrogen-bond donors (Lipinski definition) is 1. The summed E-state index contributed by atoms with van der Waals surface area (Å²) in [6.07, 6.45) is 1.23. The third-order valence-corrected chi connectivity index (χ3v) is 3.03. The van der Waals surface area contributed by atoms with Gasteiger partial charge in [0.05, 0.1) is 6.10 Å². The molecule has 0 saturated carbocycles. The Morgan fingerprint density at radius 2 is 2.00 bits per heavy atom. The molecular formula is C19H17FN2O2. The maximum atomic E-state index is 13.6. The maximum Gasteiger partial charge on any atom is 0.266 e. The number of hydrogen-bond acceptors (Lipinski definition) is 3. The van der Waals surface area contributed by atoms with Crippen molar-refractivity contribution in [1.29, 1.82) is 5.26 Å². The van der Waals surface area contributed by atoms with Gasteiger partial charge in [-0.25, -0.2) is 4.39 Å². The van der Waals surface area contributed by atoms with E-state index in [1.807, 2.05) is 13.8 Å². The molecule has 0 atom stereocenters. The van der Waals surface area contributed by atoms with Crippen LogP contribution in [0.4, 0.5) is 10.1 Å². The number of amides is 1. The van der Waals surface area contributed by atoms with Gasteiger partial charge >= 0.3 is 0 Å². The Morgan fingerprint density at radius 3 is 2.67 bits per heavy atom. The second kappa shape index (κ2) is 7.93. The van der Waals surface area contributed by atoms with Crippen molar-refractivity contribution in [3.63, 3.8) is 0 Å². The molecule has 0 aromatic heterocycles. The summed E-state index contributed by atoms with van der Waals surface area (Å²) in [6.45, 7) is 3.80. The zero-order chi connectivity index (χ0) is 17.5. The molecular weight excluding hydrogens is 307 g/mol. The van der Waals surface area contributed by atoms with Gasteiger partial charge in [-0.3, -0.25) is 4.79 Å². The Kier molecular flexibility index (Phi) is 5.69. The monoisotopic (exact) mass is 324 g/mol. The van der Waals surface area contributed by atoms with Gasteiger partial charge in [0.25, 0.3) is 5.91 Å². The molecule has 0 aliphatic carbocycles. The fraction of sp³-hybridized carbons (Fsp3) is 0.158. The van der Waals surface area contributed by atoms with Crippen LogP contribution in [0.25, 0.3) is 6.08 Å². The van der Waals surface area contributed by atoms with Crippen LogP contribution in [0.3, 0.4) is 0 Å². The number of halogens is 1. The summed E-state index contributed by atoms with van der Waals surface area (Å²) >= 11 is 0. The highest BCUT2D eigenvalue weighted by atomic mass is 19.1. The minimum absolute atomic E-state index is 0.00609. The third kappa shape index (κ3) is 4.68. The lowest BCUT2D eigenvalue weighted by atomic mass is 10.1. The fourth-order valence-corrected chi connectivity index (χ4v) is 2.01. The quantitative estimate of drug-likeness (QED) is 0.663. The van der Waals surface area contributed by atoms with E-state index >= 15 is 0 Å². The van der Waals surface area contributed by atoms with E-state index in [1.165, 1.54) is 18.2 Å². The Balaban J connectivity index is 2.19. The summed E-state index contributed by atoms with van der Waals surface area (Å²) in [5, 5.41) is 11.8. The highest BCUT2D eigenvalue weighted by Crippen LogP contribution is 2.19. The minimum Gasteiger partial charge on any atom is -0.491 e. The van der Waals surface area contributed by atoms with Crippen molar-refractivity contribution in [2.75, 3.05) is 5.32 Å². The molecule has 0 bridgehead atoms. The fourth-order valence-electron chi connectivity index (χ4n) is 2.01. The average molecular weight is 324 g/mol. The predicted molar refractivity (Wildman–Crippen MR) is 90.8 cm³/mol. The number of rotatable bonds is 5. The number of anilines is 1. The summed E-state index contributed by atoms with van der Waals surface area (Å²) in [7, 11) is 0. The van der Waals surface area contributed by atoms with Crippen molar-refractivity contribution in [2.45, 2.75) is 20.0 Å². The lowest BCUT2D eigenvalue weighted by Gasteiger charge is -2.11. The van der Waals surface area contributed by atoms with Crippen LogP contribution in [0.5, 0.6) is 5.75 Å². The molecule has 2 aromatic carbocycles. The molecule has 122 valence electrons. The first kappa shape index (κ1) is 17.2. The normalized spacial score (nSPS) is 11.0. The molecule has 0 unspecified atom stereocenters. The Labute approximate surface area is 140 Å². The predicted octanol–water partition coefficient (Wildman–Crippen LogP) is 4.16. The zero-order valence-electron chi connectivity index (χ0n) is 13.4.